The standard InChI is InChI=1S/C22H27N3O3S/c1-26-20-8-7-17(15-21(20)27-2)9-11-23-22(25-16-19-6-4-14-29-19)24-12-10-18-5-3-13-28-18/h3-8,13-15H,9-12,16H2,1-2H3,(H2,23,24,25). The molecule has 0 atom stereocenters. The summed E-state index contributed by atoms with van der Waals surface area (Å²) in [5, 5.41) is 8.87. The van der Waals surface area contributed by atoms with Gasteiger partial charge in [0.25, 0.3) is 0 Å². The lowest BCUT2D eigenvalue weighted by Crippen LogP contribution is -2.39. The Bertz CT molecular complexity index is 877. The number of guanidine groups is 1. The molecule has 0 unspecified atom stereocenters. The first kappa shape index (κ1) is 20.8. The molecule has 2 aromatic heterocycles. The van der Waals surface area contributed by atoms with Crippen molar-refractivity contribution < 1.29 is 13.9 Å². The second-order valence-corrected chi connectivity index (χ2v) is 7.40. The molecule has 0 saturated heterocycles. The van der Waals surface area contributed by atoms with E-state index in [1.165, 1.54) is 10.4 Å². The number of nitrogens with zero attached hydrogens (tertiary/aromatic N) is 1. The molecular formula is C22H27N3O3S. The normalized spacial score (nSPS) is 11.3. The quantitative estimate of drug-likeness (QED) is 0.390. The zero-order valence-electron chi connectivity index (χ0n) is 16.8. The van der Waals surface area contributed by atoms with E-state index < -0.39 is 0 Å². The molecule has 2 N–H and O–H groups in total. The van der Waals surface area contributed by atoms with Gasteiger partial charge in [0.05, 0.1) is 27.0 Å². The van der Waals surface area contributed by atoms with Gasteiger partial charge in [-0.05, 0) is 47.7 Å². The Balaban J connectivity index is 1.54. The van der Waals surface area contributed by atoms with Crippen LogP contribution in [0.2, 0.25) is 0 Å². The lowest BCUT2D eigenvalue weighted by Gasteiger charge is -2.13. The fraction of sp³-hybridized carbons (Fsp3) is 0.318. The highest BCUT2D eigenvalue weighted by Crippen LogP contribution is 2.27. The molecular weight excluding hydrogens is 386 g/mol. The molecule has 0 aliphatic heterocycles. The SMILES string of the molecule is COc1ccc(CCNC(=NCc2cccs2)NCCc2ccco2)cc1OC. The zero-order valence-corrected chi connectivity index (χ0v) is 17.6. The smallest absolute Gasteiger partial charge is 0.191 e. The maximum atomic E-state index is 5.39. The number of methoxy groups -OCH3 is 2. The van der Waals surface area contributed by atoms with Crippen molar-refractivity contribution in [1.29, 1.82) is 0 Å². The van der Waals surface area contributed by atoms with E-state index in [-0.39, 0.29) is 0 Å². The maximum absolute atomic E-state index is 5.39. The molecule has 0 spiro atoms. The molecule has 154 valence electrons. The number of aliphatic imine (C=N–C) groups is 1. The molecule has 3 rings (SSSR count). The van der Waals surface area contributed by atoms with Crippen LogP contribution in [-0.4, -0.2) is 33.3 Å². The molecule has 29 heavy (non-hydrogen) atoms. The predicted molar refractivity (Wildman–Crippen MR) is 117 cm³/mol. The molecule has 7 heteroatoms. The van der Waals surface area contributed by atoms with Crippen molar-refractivity contribution in [2.24, 2.45) is 4.99 Å². The first-order valence-corrected chi connectivity index (χ1v) is 10.4. The van der Waals surface area contributed by atoms with Crippen LogP contribution in [-0.2, 0) is 19.4 Å². The number of hydrogen-bond donors (Lipinski definition) is 2. The van der Waals surface area contributed by atoms with Crippen molar-refractivity contribution in [3.8, 4) is 11.5 Å². The van der Waals surface area contributed by atoms with Crippen molar-refractivity contribution in [2.45, 2.75) is 19.4 Å². The topological polar surface area (TPSA) is 68.0 Å². The van der Waals surface area contributed by atoms with E-state index in [2.05, 4.69) is 28.1 Å². The monoisotopic (exact) mass is 413 g/mol. The predicted octanol–water partition coefficient (Wildman–Crippen LogP) is 3.88. The lowest BCUT2D eigenvalue weighted by molar-refractivity contribution is 0.354. The zero-order chi connectivity index (χ0) is 20.3. The van der Waals surface area contributed by atoms with E-state index in [0.29, 0.717) is 6.54 Å². The first-order chi connectivity index (χ1) is 14.3. The summed E-state index contributed by atoms with van der Waals surface area (Å²) in [6, 6.07) is 14.0. The summed E-state index contributed by atoms with van der Waals surface area (Å²) in [6.07, 6.45) is 3.35. The van der Waals surface area contributed by atoms with Gasteiger partial charge >= 0.3 is 0 Å². The van der Waals surface area contributed by atoms with E-state index in [0.717, 1.165) is 49.1 Å². The molecule has 0 bridgehead atoms. The Morgan fingerprint density at radius 2 is 1.83 bits per heavy atom. The Morgan fingerprint density at radius 3 is 2.52 bits per heavy atom. The van der Waals surface area contributed by atoms with Gasteiger partial charge in [0.15, 0.2) is 17.5 Å². The van der Waals surface area contributed by atoms with Crippen molar-refractivity contribution >= 4 is 17.3 Å². The third-order valence-electron chi connectivity index (χ3n) is 4.37. The summed E-state index contributed by atoms with van der Waals surface area (Å²) in [5.74, 6) is 3.24. The highest BCUT2D eigenvalue weighted by Gasteiger charge is 2.06. The van der Waals surface area contributed by atoms with Gasteiger partial charge in [-0.25, -0.2) is 4.99 Å². The Labute approximate surface area is 175 Å². The molecule has 1 aromatic carbocycles. The van der Waals surface area contributed by atoms with Crippen LogP contribution in [0, 0.1) is 0 Å². The number of benzene rings is 1. The van der Waals surface area contributed by atoms with Crippen molar-refractivity contribution in [3.63, 3.8) is 0 Å². The molecule has 0 radical (unpaired) electrons. The number of ether oxygens (including phenoxy) is 2. The summed E-state index contributed by atoms with van der Waals surface area (Å²) in [5.41, 5.74) is 1.17. The molecule has 0 aliphatic carbocycles. The van der Waals surface area contributed by atoms with E-state index in [9.17, 15) is 0 Å². The molecule has 0 amide bonds. The summed E-state index contributed by atoms with van der Waals surface area (Å²) in [4.78, 5) is 5.94. The minimum absolute atomic E-state index is 0.657. The van der Waals surface area contributed by atoms with Gasteiger partial charge in [0, 0.05) is 24.4 Å². The van der Waals surface area contributed by atoms with Crippen LogP contribution in [0.25, 0.3) is 0 Å². The lowest BCUT2D eigenvalue weighted by atomic mass is 10.1. The van der Waals surface area contributed by atoms with E-state index >= 15 is 0 Å². The number of thiophene rings is 1. The Hall–Kier alpha value is -2.93. The average molecular weight is 414 g/mol. The third-order valence-corrected chi connectivity index (χ3v) is 5.23. The molecule has 6 nitrogen and oxygen atoms in total. The van der Waals surface area contributed by atoms with Crippen molar-refractivity contribution in [1.82, 2.24) is 10.6 Å². The highest BCUT2D eigenvalue weighted by atomic mass is 32.1. The Kier molecular flexibility index (Phi) is 8.01. The van der Waals surface area contributed by atoms with Gasteiger partial charge in [-0.3, -0.25) is 0 Å². The largest absolute Gasteiger partial charge is 0.493 e. The Morgan fingerprint density at radius 1 is 1.00 bits per heavy atom. The summed E-state index contributed by atoms with van der Waals surface area (Å²) >= 11 is 1.71. The van der Waals surface area contributed by atoms with Crippen LogP contribution in [0.5, 0.6) is 11.5 Å². The number of hydrogen-bond acceptors (Lipinski definition) is 5. The van der Waals surface area contributed by atoms with Crippen LogP contribution in [0.4, 0.5) is 0 Å². The molecule has 0 aliphatic rings. The van der Waals surface area contributed by atoms with E-state index in [4.69, 9.17) is 18.9 Å². The van der Waals surface area contributed by atoms with Crippen LogP contribution in [0.1, 0.15) is 16.2 Å². The number of furan rings is 1. The minimum Gasteiger partial charge on any atom is -0.493 e. The van der Waals surface area contributed by atoms with Gasteiger partial charge in [0.1, 0.15) is 5.76 Å². The summed E-state index contributed by atoms with van der Waals surface area (Å²) in [6.45, 7) is 2.16. The third kappa shape index (κ3) is 6.57. The van der Waals surface area contributed by atoms with Crippen LogP contribution in [0.3, 0.4) is 0 Å². The van der Waals surface area contributed by atoms with Gasteiger partial charge in [-0.1, -0.05) is 12.1 Å². The number of nitrogens with one attached hydrogen (secondary N) is 2. The van der Waals surface area contributed by atoms with Crippen molar-refractivity contribution in [2.75, 3.05) is 27.3 Å². The van der Waals surface area contributed by atoms with Crippen molar-refractivity contribution in [3.05, 3.63) is 70.3 Å². The number of rotatable bonds is 10. The molecule has 0 saturated carbocycles. The molecule has 0 fully saturated rings. The summed E-state index contributed by atoms with van der Waals surface area (Å²) < 4.78 is 16.1. The summed E-state index contributed by atoms with van der Waals surface area (Å²) in [7, 11) is 3.29. The minimum atomic E-state index is 0.657. The van der Waals surface area contributed by atoms with Gasteiger partial charge in [-0.2, -0.15) is 0 Å². The fourth-order valence-electron chi connectivity index (χ4n) is 2.85. The van der Waals surface area contributed by atoms with Crippen LogP contribution >= 0.6 is 11.3 Å². The van der Waals surface area contributed by atoms with Crippen LogP contribution < -0.4 is 20.1 Å². The second-order valence-electron chi connectivity index (χ2n) is 6.37. The van der Waals surface area contributed by atoms with Gasteiger partial charge in [0.2, 0.25) is 0 Å². The first-order valence-electron chi connectivity index (χ1n) is 9.56. The second kappa shape index (κ2) is 11.2. The maximum Gasteiger partial charge on any atom is 0.191 e. The fourth-order valence-corrected chi connectivity index (χ4v) is 3.48. The molecule has 2 heterocycles. The van der Waals surface area contributed by atoms with E-state index in [1.807, 2.05) is 30.3 Å². The average Bonchev–Trinajstić information content (AvgIpc) is 3.45. The van der Waals surface area contributed by atoms with Gasteiger partial charge < -0.3 is 24.5 Å². The highest BCUT2D eigenvalue weighted by molar-refractivity contribution is 7.09. The van der Waals surface area contributed by atoms with Crippen LogP contribution in [0.15, 0.2) is 63.5 Å². The van der Waals surface area contributed by atoms with Gasteiger partial charge in [-0.15, -0.1) is 11.3 Å². The van der Waals surface area contributed by atoms with E-state index in [1.54, 1.807) is 31.8 Å². The molecule has 3 aromatic rings.